The van der Waals surface area contributed by atoms with E-state index in [4.69, 9.17) is 16.2 Å². The molecule has 1 unspecified atom stereocenters. The summed E-state index contributed by atoms with van der Waals surface area (Å²) in [6.45, 7) is 4.80. The van der Waals surface area contributed by atoms with Gasteiger partial charge in [-0.05, 0) is 35.0 Å². The third-order valence-corrected chi connectivity index (χ3v) is 4.47. The van der Waals surface area contributed by atoms with Gasteiger partial charge in [-0.25, -0.2) is 0 Å². The van der Waals surface area contributed by atoms with Crippen LogP contribution in [0.5, 0.6) is 0 Å². The summed E-state index contributed by atoms with van der Waals surface area (Å²) in [7, 11) is 1.75. The van der Waals surface area contributed by atoms with E-state index in [1.807, 2.05) is 6.92 Å². The van der Waals surface area contributed by atoms with E-state index in [1.165, 1.54) is 0 Å². The Balaban J connectivity index is 2.14. The highest BCUT2D eigenvalue weighted by molar-refractivity contribution is 9.10. The summed E-state index contributed by atoms with van der Waals surface area (Å²) in [5.41, 5.74) is 13.3. The molecule has 0 bridgehead atoms. The van der Waals surface area contributed by atoms with Crippen molar-refractivity contribution < 1.29 is 9.53 Å². The molecule has 1 heterocycles. The number of nitrogen functional groups attached to an aromatic ring is 2. The zero-order valence-electron chi connectivity index (χ0n) is 12.3. The first-order chi connectivity index (χ1) is 9.91. The van der Waals surface area contributed by atoms with Crippen molar-refractivity contribution in [2.24, 2.45) is 0 Å². The molecule has 2 rings (SSSR count). The highest BCUT2D eigenvalue weighted by Gasteiger charge is 2.26. The summed E-state index contributed by atoms with van der Waals surface area (Å²) in [5.74, 6) is 0.0213. The van der Waals surface area contributed by atoms with Crippen molar-refractivity contribution in [1.29, 1.82) is 0 Å². The van der Waals surface area contributed by atoms with Gasteiger partial charge in [0.15, 0.2) is 0 Å². The lowest BCUT2D eigenvalue weighted by atomic mass is 10.2. The van der Waals surface area contributed by atoms with Crippen molar-refractivity contribution in [3.63, 3.8) is 0 Å². The zero-order chi connectivity index (χ0) is 15.6. The number of amides is 1. The number of morpholine rings is 1. The van der Waals surface area contributed by atoms with Crippen LogP contribution >= 0.6 is 15.9 Å². The Bertz CT molecular complexity index is 509. The molecule has 0 aliphatic carbocycles. The lowest BCUT2D eigenvalue weighted by Gasteiger charge is -2.33. The summed E-state index contributed by atoms with van der Waals surface area (Å²) in [5, 5.41) is 0. The van der Waals surface area contributed by atoms with Gasteiger partial charge in [0.2, 0.25) is 5.91 Å². The Morgan fingerprint density at radius 2 is 2.00 bits per heavy atom. The molecule has 1 aromatic rings. The molecular weight excluding hydrogens is 336 g/mol. The van der Waals surface area contributed by atoms with E-state index in [0.29, 0.717) is 29.1 Å². The van der Waals surface area contributed by atoms with Gasteiger partial charge in [-0.1, -0.05) is 0 Å². The molecule has 0 radical (unpaired) electrons. The van der Waals surface area contributed by atoms with Crippen molar-refractivity contribution in [2.45, 2.75) is 13.0 Å². The van der Waals surface area contributed by atoms with Crippen LogP contribution in [-0.2, 0) is 9.53 Å². The lowest BCUT2D eigenvalue weighted by molar-refractivity contribution is -0.124. The molecule has 1 aliphatic rings. The van der Waals surface area contributed by atoms with Crippen LogP contribution in [0.1, 0.15) is 6.92 Å². The summed E-state index contributed by atoms with van der Waals surface area (Å²) in [6, 6.07) is 3.32. The summed E-state index contributed by atoms with van der Waals surface area (Å²) in [6.07, 6.45) is 0. The minimum atomic E-state index is -0.198. The van der Waals surface area contributed by atoms with E-state index in [-0.39, 0.29) is 11.9 Å². The number of carbonyl (C=O) groups excluding carboxylic acids is 1. The van der Waals surface area contributed by atoms with Gasteiger partial charge >= 0.3 is 0 Å². The van der Waals surface area contributed by atoms with Crippen LogP contribution in [0.15, 0.2) is 16.6 Å². The number of hydrogen-bond donors (Lipinski definition) is 2. The first-order valence-corrected chi connectivity index (χ1v) is 7.65. The second kappa shape index (κ2) is 6.64. The Morgan fingerprint density at radius 1 is 1.38 bits per heavy atom. The molecule has 21 heavy (non-hydrogen) atoms. The number of nitrogens with two attached hydrogens (primary N) is 2. The first-order valence-electron chi connectivity index (χ1n) is 6.85. The van der Waals surface area contributed by atoms with E-state index < -0.39 is 0 Å². The Morgan fingerprint density at radius 3 is 2.57 bits per heavy atom. The zero-order valence-corrected chi connectivity index (χ0v) is 13.9. The third kappa shape index (κ3) is 3.48. The monoisotopic (exact) mass is 356 g/mol. The quantitative estimate of drug-likeness (QED) is 0.797. The van der Waals surface area contributed by atoms with Gasteiger partial charge in [0.05, 0.1) is 30.6 Å². The minimum absolute atomic E-state index is 0.0213. The standard InChI is InChI=1S/C14H21BrN4O2/c1-9(19-3-5-21-6-4-19)14(20)18(2)10-7-11(15)13(17)12(16)8-10/h7-9H,3-6,16-17H2,1-2H3. The van der Waals surface area contributed by atoms with Crippen LogP contribution in [0.25, 0.3) is 0 Å². The number of anilines is 3. The molecule has 7 heteroatoms. The normalized spacial score (nSPS) is 17.5. The van der Waals surface area contributed by atoms with Gasteiger partial charge in [0.25, 0.3) is 0 Å². The molecule has 1 aliphatic heterocycles. The first kappa shape index (κ1) is 16.1. The van der Waals surface area contributed by atoms with Crippen molar-refractivity contribution in [3.8, 4) is 0 Å². The van der Waals surface area contributed by atoms with Crippen molar-refractivity contribution in [3.05, 3.63) is 16.6 Å². The van der Waals surface area contributed by atoms with Crippen molar-refractivity contribution in [1.82, 2.24) is 4.90 Å². The van der Waals surface area contributed by atoms with Gasteiger partial charge in [0, 0.05) is 30.3 Å². The fourth-order valence-electron chi connectivity index (χ4n) is 2.35. The van der Waals surface area contributed by atoms with Gasteiger partial charge in [-0.15, -0.1) is 0 Å². The second-order valence-corrected chi connectivity index (χ2v) is 6.01. The van der Waals surface area contributed by atoms with Crippen LogP contribution in [0.3, 0.4) is 0 Å². The number of ether oxygens (including phenoxy) is 1. The number of rotatable bonds is 3. The molecule has 6 nitrogen and oxygen atoms in total. The SMILES string of the molecule is CC(C(=O)N(C)c1cc(N)c(N)c(Br)c1)N1CCOCC1. The number of likely N-dealkylation sites (N-methyl/N-ethyl adjacent to an activating group) is 1. The number of nitrogens with zero attached hydrogens (tertiary/aromatic N) is 2. The molecule has 116 valence electrons. The van der Waals surface area contributed by atoms with E-state index in [1.54, 1.807) is 24.1 Å². The maximum atomic E-state index is 12.6. The largest absolute Gasteiger partial charge is 0.397 e. The van der Waals surface area contributed by atoms with Crippen LogP contribution in [-0.4, -0.2) is 50.2 Å². The summed E-state index contributed by atoms with van der Waals surface area (Å²) >= 11 is 3.36. The average Bonchev–Trinajstić information content (AvgIpc) is 2.50. The van der Waals surface area contributed by atoms with E-state index in [0.717, 1.165) is 18.8 Å². The highest BCUT2D eigenvalue weighted by atomic mass is 79.9. The molecule has 1 aromatic carbocycles. The van der Waals surface area contributed by atoms with Gasteiger partial charge < -0.3 is 21.1 Å². The van der Waals surface area contributed by atoms with Gasteiger partial charge in [-0.3, -0.25) is 9.69 Å². The smallest absolute Gasteiger partial charge is 0.243 e. The molecule has 0 spiro atoms. The molecule has 1 amide bonds. The lowest BCUT2D eigenvalue weighted by Crippen LogP contribution is -2.50. The molecule has 1 atom stereocenters. The number of carbonyl (C=O) groups is 1. The topological polar surface area (TPSA) is 84.8 Å². The summed E-state index contributed by atoms with van der Waals surface area (Å²) in [4.78, 5) is 16.3. The van der Waals surface area contributed by atoms with Crippen molar-refractivity contribution >= 4 is 38.9 Å². The van der Waals surface area contributed by atoms with E-state index >= 15 is 0 Å². The second-order valence-electron chi connectivity index (χ2n) is 5.15. The van der Waals surface area contributed by atoms with Crippen molar-refractivity contribution in [2.75, 3.05) is 49.7 Å². The molecule has 1 fully saturated rings. The molecule has 4 N–H and O–H groups in total. The van der Waals surface area contributed by atoms with Crippen LogP contribution in [0.2, 0.25) is 0 Å². The maximum Gasteiger partial charge on any atom is 0.243 e. The molecular formula is C14H21BrN4O2. The van der Waals surface area contributed by atoms with Crippen LogP contribution in [0.4, 0.5) is 17.1 Å². The third-order valence-electron chi connectivity index (χ3n) is 3.81. The molecule has 0 saturated carbocycles. The maximum absolute atomic E-state index is 12.6. The van der Waals surface area contributed by atoms with Crippen LogP contribution in [0, 0.1) is 0 Å². The molecule has 0 aromatic heterocycles. The van der Waals surface area contributed by atoms with Gasteiger partial charge in [-0.2, -0.15) is 0 Å². The predicted molar refractivity (Wildman–Crippen MR) is 88.2 cm³/mol. The van der Waals surface area contributed by atoms with E-state index in [9.17, 15) is 4.79 Å². The Labute approximate surface area is 133 Å². The minimum Gasteiger partial charge on any atom is -0.397 e. The van der Waals surface area contributed by atoms with Gasteiger partial charge in [0.1, 0.15) is 0 Å². The van der Waals surface area contributed by atoms with Crippen LogP contribution < -0.4 is 16.4 Å². The summed E-state index contributed by atoms with van der Waals surface area (Å²) < 4.78 is 6.01. The Hall–Kier alpha value is -1.31. The fraction of sp³-hybridized carbons (Fsp3) is 0.500. The number of halogens is 1. The predicted octanol–water partition coefficient (Wildman–Crippen LogP) is 1.30. The van der Waals surface area contributed by atoms with E-state index in [2.05, 4.69) is 20.8 Å². The number of hydrogen-bond acceptors (Lipinski definition) is 5. The average molecular weight is 357 g/mol. The highest BCUT2D eigenvalue weighted by Crippen LogP contribution is 2.31. The Kier molecular flexibility index (Phi) is 5.08. The molecule has 1 saturated heterocycles. The fourth-order valence-corrected chi connectivity index (χ4v) is 2.81. The number of benzene rings is 1.